The van der Waals surface area contributed by atoms with Gasteiger partial charge in [-0.1, -0.05) is 0 Å². The van der Waals surface area contributed by atoms with E-state index in [1.807, 2.05) is 16.9 Å². The van der Waals surface area contributed by atoms with Gasteiger partial charge in [-0.3, -0.25) is 14.3 Å². The minimum absolute atomic E-state index is 0.191. The lowest BCUT2D eigenvalue weighted by Gasteiger charge is -2.59. The predicted octanol–water partition coefficient (Wildman–Crippen LogP) is 4.01. The SMILES string of the molecule is CS(=O)(=O)NC(=O)CCOC(=O)C12CC3C[C@@H](CC(OC(=O)c4cc(I)cc(I)c4I)(C3)C1)C2. The fourth-order valence-electron chi connectivity index (χ4n) is 6.14. The van der Waals surface area contributed by atoms with Gasteiger partial charge in [0.1, 0.15) is 12.2 Å². The van der Waals surface area contributed by atoms with Gasteiger partial charge in [-0.25, -0.2) is 13.2 Å². The monoisotopic (exact) mass is 827 g/mol. The lowest BCUT2D eigenvalue weighted by atomic mass is 9.48. The van der Waals surface area contributed by atoms with Crippen molar-refractivity contribution in [3.05, 3.63) is 28.4 Å². The molecular weight excluding hydrogens is 803 g/mol. The molecule has 8 nitrogen and oxygen atoms in total. The largest absolute Gasteiger partial charge is 0.465 e. The molecule has 1 aromatic carbocycles. The van der Waals surface area contributed by atoms with E-state index < -0.39 is 26.9 Å². The summed E-state index contributed by atoms with van der Waals surface area (Å²) in [7, 11) is -3.65. The molecule has 4 bridgehead atoms. The van der Waals surface area contributed by atoms with Crippen LogP contribution in [0.1, 0.15) is 55.3 Å². The maximum atomic E-state index is 13.2. The van der Waals surface area contributed by atoms with Crippen LogP contribution in [-0.4, -0.2) is 44.7 Å². The molecule has 1 amide bonds. The second kappa shape index (κ2) is 9.91. The van der Waals surface area contributed by atoms with Crippen LogP contribution in [0, 0.1) is 28.0 Å². The molecule has 34 heavy (non-hydrogen) atoms. The molecule has 1 N–H and O–H groups in total. The average molecular weight is 827 g/mol. The van der Waals surface area contributed by atoms with Crippen molar-refractivity contribution in [2.75, 3.05) is 12.9 Å². The van der Waals surface area contributed by atoms with Crippen molar-refractivity contribution >= 4 is 95.6 Å². The van der Waals surface area contributed by atoms with Crippen molar-refractivity contribution in [2.45, 2.75) is 50.5 Å². The van der Waals surface area contributed by atoms with Crippen molar-refractivity contribution in [3.63, 3.8) is 0 Å². The van der Waals surface area contributed by atoms with E-state index >= 15 is 0 Å². The predicted molar refractivity (Wildman–Crippen MR) is 148 cm³/mol. The Morgan fingerprint density at radius 2 is 1.74 bits per heavy atom. The van der Waals surface area contributed by atoms with Gasteiger partial charge in [0.2, 0.25) is 15.9 Å². The first-order valence-electron chi connectivity index (χ1n) is 10.9. The summed E-state index contributed by atoms with van der Waals surface area (Å²) in [4.78, 5) is 38.2. The Hall–Kier alpha value is -0.230. The number of hydrogen-bond donors (Lipinski definition) is 1. The second-order valence-corrected chi connectivity index (χ2v) is 15.0. The molecular formula is C22H24I3NO7S. The zero-order chi connectivity index (χ0) is 24.9. The van der Waals surface area contributed by atoms with Gasteiger partial charge in [0, 0.05) is 17.1 Å². The number of amides is 1. The highest BCUT2D eigenvalue weighted by atomic mass is 127. The molecule has 1 aromatic rings. The number of esters is 2. The van der Waals surface area contributed by atoms with Gasteiger partial charge >= 0.3 is 11.9 Å². The van der Waals surface area contributed by atoms with Crippen LogP contribution in [0.4, 0.5) is 0 Å². The number of sulfonamides is 1. The third-order valence-electron chi connectivity index (χ3n) is 6.82. The first-order valence-corrected chi connectivity index (χ1v) is 16.0. The summed E-state index contributed by atoms with van der Waals surface area (Å²) in [5, 5.41) is 0. The van der Waals surface area contributed by atoms with Crippen LogP contribution >= 0.6 is 67.8 Å². The Morgan fingerprint density at radius 1 is 1.09 bits per heavy atom. The van der Waals surface area contributed by atoms with E-state index in [2.05, 4.69) is 67.8 Å². The van der Waals surface area contributed by atoms with Gasteiger partial charge < -0.3 is 9.47 Å². The van der Waals surface area contributed by atoms with Crippen molar-refractivity contribution < 1.29 is 32.3 Å². The van der Waals surface area contributed by atoms with E-state index in [-0.39, 0.29) is 36.8 Å². The van der Waals surface area contributed by atoms with Crippen LogP contribution < -0.4 is 4.72 Å². The Kier molecular flexibility index (Phi) is 7.82. The summed E-state index contributed by atoms with van der Waals surface area (Å²) in [6, 6.07) is 3.84. The topological polar surface area (TPSA) is 116 Å². The van der Waals surface area contributed by atoms with Crippen LogP contribution in [0.15, 0.2) is 12.1 Å². The minimum atomic E-state index is -3.65. The van der Waals surface area contributed by atoms with E-state index in [0.717, 1.165) is 36.2 Å². The van der Waals surface area contributed by atoms with E-state index in [9.17, 15) is 22.8 Å². The zero-order valence-electron chi connectivity index (χ0n) is 18.4. The van der Waals surface area contributed by atoms with E-state index in [4.69, 9.17) is 9.47 Å². The molecule has 0 saturated heterocycles. The van der Waals surface area contributed by atoms with Crippen LogP contribution in [-0.2, 0) is 29.1 Å². The molecule has 0 aromatic heterocycles. The summed E-state index contributed by atoms with van der Waals surface area (Å²) in [6.45, 7) is -0.191. The molecule has 4 saturated carbocycles. The van der Waals surface area contributed by atoms with Crippen molar-refractivity contribution in [3.8, 4) is 0 Å². The van der Waals surface area contributed by atoms with Crippen molar-refractivity contribution in [2.24, 2.45) is 17.3 Å². The van der Waals surface area contributed by atoms with E-state index in [1.54, 1.807) is 0 Å². The molecule has 5 rings (SSSR count). The lowest BCUT2D eigenvalue weighted by Crippen LogP contribution is -2.60. The molecule has 186 valence electrons. The van der Waals surface area contributed by atoms with E-state index in [0.29, 0.717) is 24.8 Å². The molecule has 3 unspecified atom stereocenters. The van der Waals surface area contributed by atoms with Crippen molar-refractivity contribution in [1.29, 1.82) is 0 Å². The Morgan fingerprint density at radius 3 is 2.35 bits per heavy atom. The molecule has 0 heterocycles. The highest BCUT2D eigenvalue weighted by Crippen LogP contribution is 2.63. The van der Waals surface area contributed by atoms with Gasteiger partial charge in [0.05, 0.1) is 23.7 Å². The number of carbonyl (C=O) groups is 3. The maximum absolute atomic E-state index is 13.2. The first-order chi connectivity index (χ1) is 15.8. The first kappa shape index (κ1) is 26.8. The van der Waals surface area contributed by atoms with Crippen LogP contribution in [0.2, 0.25) is 0 Å². The summed E-state index contributed by atoms with van der Waals surface area (Å²) < 4.78 is 38.7. The standard InChI is InChI=1S/C22H24I3NO7S/c1-34(30,31)26-17(27)2-3-32-20(29)21-7-12-4-13(8-21)10-22(9-12,11-21)33-19(28)15-5-14(23)6-16(24)18(15)25/h5-6,12-13H,2-4,7-11H2,1H3,(H,26,27)/t12-,13?,21?,22?/m1/s1. The van der Waals surface area contributed by atoms with Crippen LogP contribution in [0.5, 0.6) is 0 Å². The van der Waals surface area contributed by atoms with Gasteiger partial charge in [-0.15, -0.1) is 0 Å². The van der Waals surface area contributed by atoms with E-state index in [1.165, 1.54) is 0 Å². The zero-order valence-corrected chi connectivity index (χ0v) is 25.7. The van der Waals surface area contributed by atoms with Crippen molar-refractivity contribution in [1.82, 2.24) is 4.72 Å². The smallest absolute Gasteiger partial charge is 0.339 e. The summed E-state index contributed by atoms with van der Waals surface area (Å²) in [5.41, 5.74) is -0.880. The lowest BCUT2D eigenvalue weighted by molar-refractivity contribution is -0.196. The molecule has 4 aliphatic carbocycles. The fraction of sp³-hybridized carbons (Fsp3) is 0.591. The Labute approximate surface area is 239 Å². The quantitative estimate of drug-likeness (QED) is 0.251. The van der Waals surface area contributed by atoms with Gasteiger partial charge in [0.25, 0.3) is 0 Å². The molecule has 0 radical (unpaired) electrons. The highest BCUT2D eigenvalue weighted by molar-refractivity contribution is 14.1. The number of hydrogen-bond acceptors (Lipinski definition) is 7. The normalized spacial score (nSPS) is 29.5. The molecule has 0 spiro atoms. The molecule has 12 heteroatoms. The second-order valence-electron chi connectivity index (χ2n) is 9.75. The molecule has 4 aliphatic rings. The molecule has 4 atom stereocenters. The minimum Gasteiger partial charge on any atom is -0.465 e. The van der Waals surface area contributed by atoms with Crippen LogP contribution in [0.3, 0.4) is 0 Å². The van der Waals surface area contributed by atoms with Gasteiger partial charge in [-0.2, -0.15) is 0 Å². The van der Waals surface area contributed by atoms with Gasteiger partial charge in [-0.05, 0) is 124 Å². The third-order valence-corrected chi connectivity index (χ3v) is 11.1. The number of rotatable bonds is 7. The maximum Gasteiger partial charge on any atom is 0.339 e. The Balaban J connectivity index is 1.47. The molecule has 0 aliphatic heterocycles. The number of carbonyl (C=O) groups excluding carboxylic acids is 3. The summed E-state index contributed by atoms with van der Waals surface area (Å²) >= 11 is 6.56. The fourth-order valence-corrected chi connectivity index (χ4v) is 9.03. The summed E-state index contributed by atoms with van der Waals surface area (Å²) in [6.07, 6.45) is 4.98. The number of ether oxygens (including phenoxy) is 2. The summed E-state index contributed by atoms with van der Waals surface area (Å²) in [5.74, 6) is -0.889. The van der Waals surface area contributed by atoms with Crippen LogP contribution in [0.25, 0.3) is 0 Å². The number of benzene rings is 1. The third kappa shape index (κ3) is 5.84. The number of halogens is 3. The van der Waals surface area contributed by atoms with Gasteiger partial charge in [0.15, 0.2) is 0 Å². The highest BCUT2D eigenvalue weighted by Gasteiger charge is 2.63. The number of nitrogens with one attached hydrogen (secondary N) is 1. The Bertz CT molecular complexity index is 1140. The molecule has 4 fully saturated rings. The average Bonchev–Trinajstić information content (AvgIpc) is 2.67.